The van der Waals surface area contributed by atoms with E-state index in [2.05, 4.69) is 15.5 Å². The van der Waals surface area contributed by atoms with Crippen molar-refractivity contribution < 1.29 is 9.90 Å². The summed E-state index contributed by atoms with van der Waals surface area (Å²) in [5.41, 5.74) is 1.11. The largest absolute Gasteiger partial charge is 0.508 e. The highest BCUT2D eigenvalue weighted by Crippen LogP contribution is 2.14. The van der Waals surface area contributed by atoms with Gasteiger partial charge >= 0.3 is 0 Å². The summed E-state index contributed by atoms with van der Waals surface area (Å²) in [4.78, 5) is 11.7. The van der Waals surface area contributed by atoms with Crippen molar-refractivity contribution in [2.24, 2.45) is 0 Å². The monoisotopic (exact) mass is 229 g/mol. The maximum Gasteiger partial charge on any atom is 0.253 e. The molecular weight excluding hydrogens is 218 g/mol. The van der Waals surface area contributed by atoms with Crippen molar-refractivity contribution in [3.63, 3.8) is 0 Å². The highest BCUT2D eigenvalue weighted by molar-refractivity contribution is 5.93. The molecule has 1 aromatic heterocycles. The fourth-order valence-electron chi connectivity index (χ4n) is 1.36. The molecule has 0 aliphatic rings. The van der Waals surface area contributed by atoms with Gasteiger partial charge in [0, 0.05) is 12.1 Å². The van der Waals surface area contributed by atoms with Crippen LogP contribution in [0.5, 0.6) is 5.75 Å². The van der Waals surface area contributed by atoms with E-state index in [1.807, 2.05) is 0 Å². The molecule has 2 N–H and O–H groups in total. The predicted octanol–water partition coefficient (Wildman–Crippen LogP) is 1.11. The van der Waals surface area contributed by atoms with Crippen molar-refractivity contribution in [3.8, 4) is 5.75 Å². The highest BCUT2D eigenvalue weighted by Gasteiger charge is 2.06. The molecular formula is C12H11N3O2. The summed E-state index contributed by atoms with van der Waals surface area (Å²) in [6, 6.07) is 8.44. The van der Waals surface area contributed by atoms with Gasteiger partial charge in [-0.1, -0.05) is 18.2 Å². The molecule has 0 aliphatic heterocycles. The normalized spacial score (nSPS) is 9.88. The number of carbonyl (C=O) groups excluding carboxylic acids is 1. The number of aromatic nitrogens is 2. The van der Waals surface area contributed by atoms with E-state index in [0.717, 1.165) is 0 Å². The second-order valence-electron chi connectivity index (χ2n) is 3.44. The summed E-state index contributed by atoms with van der Waals surface area (Å²) in [6.45, 7) is 0.272. The van der Waals surface area contributed by atoms with Gasteiger partial charge in [-0.2, -0.15) is 10.2 Å². The SMILES string of the molecule is O=C(NCc1ccccc1O)c1ccnnc1. The lowest BCUT2D eigenvalue weighted by atomic mass is 10.2. The van der Waals surface area contributed by atoms with E-state index in [9.17, 15) is 9.90 Å². The van der Waals surface area contributed by atoms with Crippen LogP contribution in [0.4, 0.5) is 0 Å². The lowest BCUT2D eigenvalue weighted by Crippen LogP contribution is -2.22. The number of amides is 1. The van der Waals surface area contributed by atoms with Crippen LogP contribution in [0.25, 0.3) is 0 Å². The number of aromatic hydroxyl groups is 1. The Morgan fingerprint density at radius 1 is 1.24 bits per heavy atom. The fraction of sp³-hybridized carbons (Fsp3) is 0.0833. The lowest BCUT2D eigenvalue weighted by molar-refractivity contribution is 0.0950. The van der Waals surface area contributed by atoms with Crippen molar-refractivity contribution in [1.29, 1.82) is 0 Å². The molecule has 0 aliphatic carbocycles. The lowest BCUT2D eigenvalue weighted by Gasteiger charge is -2.06. The van der Waals surface area contributed by atoms with Crippen molar-refractivity contribution in [2.75, 3.05) is 0 Å². The van der Waals surface area contributed by atoms with Crippen LogP contribution in [-0.4, -0.2) is 21.2 Å². The van der Waals surface area contributed by atoms with E-state index < -0.39 is 0 Å². The first-order valence-corrected chi connectivity index (χ1v) is 5.09. The number of phenols is 1. The Balaban J connectivity index is 2.00. The van der Waals surface area contributed by atoms with E-state index in [-0.39, 0.29) is 18.2 Å². The zero-order valence-electron chi connectivity index (χ0n) is 9.00. The minimum atomic E-state index is -0.247. The van der Waals surface area contributed by atoms with Crippen LogP contribution in [0, 0.1) is 0 Å². The zero-order chi connectivity index (χ0) is 12.1. The van der Waals surface area contributed by atoms with Gasteiger partial charge in [0.1, 0.15) is 5.75 Å². The Morgan fingerprint density at radius 3 is 2.76 bits per heavy atom. The topological polar surface area (TPSA) is 75.1 Å². The molecule has 0 saturated carbocycles. The molecule has 17 heavy (non-hydrogen) atoms. The molecule has 2 aromatic rings. The van der Waals surface area contributed by atoms with Crippen LogP contribution >= 0.6 is 0 Å². The van der Waals surface area contributed by atoms with Gasteiger partial charge in [0.15, 0.2) is 0 Å². The molecule has 86 valence electrons. The fourth-order valence-corrected chi connectivity index (χ4v) is 1.36. The maximum atomic E-state index is 11.7. The summed E-state index contributed by atoms with van der Waals surface area (Å²) in [6.07, 6.45) is 2.84. The molecule has 0 saturated heterocycles. The van der Waals surface area contributed by atoms with Crippen LogP contribution in [0.3, 0.4) is 0 Å². The van der Waals surface area contributed by atoms with E-state index in [1.165, 1.54) is 12.4 Å². The number of para-hydroxylation sites is 1. The minimum Gasteiger partial charge on any atom is -0.508 e. The molecule has 0 radical (unpaired) electrons. The second kappa shape index (κ2) is 5.07. The molecule has 0 bridgehead atoms. The molecule has 1 amide bonds. The molecule has 5 heteroatoms. The van der Waals surface area contributed by atoms with Gasteiger partial charge in [-0.15, -0.1) is 0 Å². The number of hydrogen-bond donors (Lipinski definition) is 2. The van der Waals surface area contributed by atoms with Crippen molar-refractivity contribution >= 4 is 5.91 Å². The Hall–Kier alpha value is -2.43. The van der Waals surface area contributed by atoms with Gasteiger partial charge in [-0.25, -0.2) is 0 Å². The van der Waals surface area contributed by atoms with Crippen LogP contribution in [0.2, 0.25) is 0 Å². The number of phenolic OH excluding ortho intramolecular Hbond substituents is 1. The van der Waals surface area contributed by atoms with Crippen LogP contribution < -0.4 is 5.32 Å². The standard InChI is InChI=1S/C12H11N3O2/c16-11-4-2-1-3-9(11)7-13-12(17)10-5-6-14-15-8-10/h1-6,8,16H,7H2,(H,13,17). The molecule has 0 fully saturated rings. The van der Waals surface area contributed by atoms with E-state index in [0.29, 0.717) is 11.1 Å². The zero-order valence-corrected chi connectivity index (χ0v) is 9.00. The Bertz CT molecular complexity index is 514. The maximum absolute atomic E-state index is 11.7. The first kappa shape index (κ1) is 11.1. The van der Waals surface area contributed by atoms with Crippen LogP contribution in [-0.2, 0) is 6.54 Å². The molecule has 2 rings (SSSR count). The Morgan fingerprint density at radius 2 is 2.06 bits per heavy atom. The third kappa shape index (κ3) is 2.78. The van der Waals surface area contributed by atoms with Gasteiger partial charge in [-0.05, 0) is 12.1 Å². The number of nitrogens with zero attached hydrogens (tertiary/aromatic N) is 2. The predicted molar refractivity (Wildman–Crippen MR) is 61.3 cm³/mol. The minimum absolute atomic E-state index is 0.167. The molecule has 5 nitrogen and oxygen atoms in total. The van der Waals surface area contributed by atoms with Gasteiger partial charge in [0.05, 0.1) is 18.0 Å². The van der Waals surface area contributed by atoms with Gasteiger partial charge in [-0.3, -0.25) is 4.79 Å². The smallest absolute Gasteiger partial charge is 0.253 e. The average molecular weight is 229 g/mol. The van der Waals surface area contributed by atoms with Crippen molar-refractivity contribution in [2.45, 2.75) is 6.54 Å². The summed E-state index contributed by atoms with van der Waals surface area (Å²) in [7, 11) is 0. The first-order valence-electron chi connectivity index (χ1n) is 5.09. The molecule has 1 aromatic carbocycles. The number of nitrogens with one attached hydrogen (secondary N) is 1. The number of carbonyl (C=O) groups is 1. The number of rotatable bonds is 3. The Kier molecular flexibility index (Phi) is 3.30. The van der Waals surface area contributed by atoms with Crippen LogP contribution in [0.1, 0.15) is 15.9 Å². The first-order chi connectivity index (χ1) is 8.27. The number of benzene rings is 1. The second-order valence-corrected chi connectivity index (χ2v) is 3.44. The van der Waals surface area contributed by atoms with E-state index >= 15 is 0 Å². The quantitative estimate of drug-likeness (QED) is 0.826. The van der Waals surface area contributed by atoms with E-state index in [4.69, 9.17) is 0 Å². The van der Waals surface area contributed by atoms with Crippen molar-refractivity contribution in [1.82, 2.24) is 15.5 Å². The van der Waals surface area contributed by atoms with Gasteiger partial charge in [0.2, 0.25) is 0 Å². The molecule has 0 spiro atoms. The third-order valence-corrected chi connectivity index (χ3v) is 2.28. The molecule has 0 unspecified atom stereocenters. The summed E-state index contributed by atoms with van der Waals surface area (Å²) >= 11 is 0. The average Bonchev–Trinajstić information content (AvgIpc) is 2.38. The molecule has 1 heterocycles. The molecule has 0 atom stereocenters. The summed E-state index contributed by atoms with van der Waals surface area (Å²) < 4.78 is 0. The number of hydrogen-bond acceptors (Lipinski definition) is 4. The third-order valence-electron chi connectivity index (χ3n) is 2.28. The van der Waals surface area contributed by atoms with E-state index in [1.54, 1.807) is 30.3 Å². The van der Waals surface area contributed by atoms with Crippen molar-refractivity contribution in [3.05, 3.63) is 53.9 Å². The summed E-state index contributed by atoms with van der Waals surface area (Å²) in [5.74, 6) is -0.0798. The highest BCUT2D eigenvalue weighted by atomic mass is 16.3. The van der Waals surface area contributed by atoms with Gasteiger partial charge in [0.25, 0.3) is 5.91 Å². The Labute approximate surface area is 98.1 Å². The van der Waals surface area contributed by atoms with Gasteiger partial charge < -0.3 is 10.4 Å². The van der Waals surface area contributed by atoms with Crippen LogP contribution in [0.15, 0.2) is 42.7 Å². The summed E-state index contributed by atoms with van der Waals surface area (Å²) in [5, 5.41) is 19.4.